The number of hydrogen-bond acceptors (Lipinski definition) is 4. The molecule has 0 bridgehead atoms. The van der Waals surface area contributed by atoms with Gasteiger partial charge in [-0.15, -0.1) is 0 Å². The van der Waals surface area contributed by atoms with Gasteiger partial charge in [-0.2, -0.15) is 0 Å². The minimum Gasteiger partial charge on any atom is -0.550 e. The van der Waals surface area contributed by atoms with Crippen LogP contribution in [0.5, 0.6) is 0 Å². The summed E-state index contributed by atoms with van der Waals surface area (Å²) in [5.41, 5.74) is 4.11. The molecule has 0 aromatic heterocycles. The number of carbonyl (C=O) groups excluding carboxylic acids is 2. The van der Waals surface area contributed by atoms with Crippen LogP contribution in [0.15, 0.2) is 48.5 Å². The number of hydrogen-bond donors (Lipinski definition) is 0. The molecule has 0 radical (unpaired) electrons. The smallest absolute Gasteiger partial charge is 0.550 e. The van der Waals surface area contributed by atoms with E-state index < -0.39 is 23.8 Å². The first-order valence-electron chi connectivity index (χ1n) is 10.6. The van der Waals surface area contributed by atoms with E-state index in [2.05, 4.69) is 27.7 Å². The maximum atomic E-state index is 10.7. The van der Waals surface area contributed by atoms with Crippen LogP contribution in [-0.4, -0.2) is 35.0 Å². The number of carboxylic acid groups (broad SMARTS) is 2. The third-order valence-electron chi connectivity index (χ3n) is 4.95. The van der Waals surface area contributed by atoms with Crippen LogP contribution in [-0.2, 0) is 22.4 Å². The fraction of sp³-hybridized carbons (Fsp3) is 0.462. The van der Waals surface area contributed by atoms with Crippen LogP contribution in [0.3, 0.4) is 0 Å². The van der Waals surface area contributed by atoms with Crippen LogP contribution in [0.2, 0.25) is 0 Å². The van der Waals surface area contributed by atoms with Gasteiger partial charge in [-0.1, -0.05) is 90.1 Å². The summed E-state index contributed by atoms with van der Waals surface area (Å²) in [6.45, 7) is 11.9. The molecule has 0 spiro atoms. The van der Waals surface area contributed by atoms with Gasteiger partial charge in [0.25, 0.3) is 0 Å². The molecule has 4 nitrogen and oxygen atoms in total. The quantitative estimate of drug-likeness (QED) is 0.598. The van der Waals surface area contributed by atoms with Crippen molar-refractivity contribution in [1.82, 2.24) is 0 Å². The number of benzene rings is 2. The molecule has 0 unspecified atom stereocenters. The van der Waals surface area contributed by atoms with Gasteiger partial charge in [-0.3, -0.25) is 0 Å². The zero-order chi connectivity index (χ0) is 22.8. The Kier molecular flexibility index (Phi) is 13.4. The molecule has 2 rings (SSSR count). The Labute approximate surface area is 203 Å². The molecule has 0 amide bonds. The first-order chi connectivity index (χ1) is 14.0. The molecule has 0 heterocycles. The maximum absolute atomic E-state index is 10.7. The van der Waals surface area contributed by atoms with E-state index in [-0.39, 0.29) is 23.1 Å². The Bertz CT molecular complexity index is 726. The van der Waals surface area contributed by atoms with Gasteiger partial charge in [0, 0.05) is 23.8 Å². The Morgan fingerprint density at radius 3 is 1.06 bits per heavy atom. The fourth-order valence-electron chi connectivity index (χ4n) is 3.10. The van der Waals surface area contributed by atoms with E-state index in [0.29, 0.717) is 11.8 Å². The summed E-state index contributed by atoms with van der Waals surface area (Å²) in [6.07, 6.45) is 2.06. The second-order valence-corrected chi connectivity index (χ2v) is 8.76. The third kappa shape index (κ3) is 10.8. The van der Waals surface area contributed by atoms with Gasteiger partial charge < -0.3 is 19.8 Å². The fourth-order valence-corrected chi connectivity index (χ4v) is 3.10. The molecule has 2 aromatic rings. The topological polar surface area (TPSA) is 80.3 Å². The normalized spacial score (nSPS) is 12.4. The van der Waals surface area contributed by atoms with E-state index in [1.807, 2.05) is 48.5 Å². The SMILES string of the molecule is CC(C)Cc1ccc([C@H](C)C(=O)[O-])cc1.CC(C)Cc1ccc([C@H](C)C(=O)[O-])cc1.[Mg+2]. The van der Waals surface area contributed by atoms with Gasteiger partial charge in [-0.05, 0) is 46.9 Å². The van der Waals surface area contributed by atoms with Crippen molar-refractivity contribution in [2.45, 2.75) is 66.2 Å². The summed E-state index contributed by atoms with van der Waals surface area (Å²) in [5, 5.41) is 21.3. The molecular formula is C26H34MgO4. The molecule has 0 aliphatic heterocycles. The molecule has 0 fully saturated rings. The number of carbonyl (C=O) groups is 2. The number of carboxylic acids is 2. The predicted molar refractivity (Wildman–Crippen MR) is 123 cm³/mol. The van der Waals surface area contributed by atoms with Crippen LogP contribution >= 0.6 is 0 Å². The van der Waals surface area contributed by atoms with Crippen LogP contribution in [0.25, 0.3) is 0 Å². The van der Waals surface area contributed by atoms with E-state index >= 15 is 0 Å². The molecule has 5 heteroatoms. The molecule has 2 aromatic carbocycles. The van der Waals surface area contributed by atoms with Crippen molar-refractivity contribution in [2.75, 3.05) is 0 Å². The molecule has 0 aliphatic rings. The minimum absolute atomic E-state index is 0. The van der Waals surface area contributed by atoms with Crippen molar-refractivity contribution in [1.29, 1.82) is 0 Å². The van der Waals surface area contributed by atoms with E-state index in [0.717, 1.165) is 24.0 Å². The molecule has 0 saturated heterocycles. The zero-order valence-corrected chi connectivity index (χ0v) is 21.1. The van der Waals surface area contributed by atoms with Crippen molar-refractivity contribution in [3.63, 3.8) is 0 Å². The van der Waals surface area contributed by atoms with Crippen LogP contribution < -0.4 is 10.2 Å². The van der Waals surface area contributed by atoms with Crippen molar-refractivity contribution < 1.29 is 19.8 Å². The molecular weight excluding hydrogens is 401 g/mol. The van der Waals surface area contributed by atoms with Gasteiger partial charge in [0.2, 0.25) is 0 Å². The van der Waals surface area contributed by atoms with E-state index in [1.54, 1.807) is 13.8 Å². The van der Waals surface area contributed by atoms with Gasteiger partial charge in [0.15, 0.2) is 0 Å². The van der Waals surface area contributed by atoms with Gasteiger partial charge >= 0.3 is 23.1 Å². The van der Waals surface area contributed by atoms with Crippen molar-refractivity contribution in [3.8, 4) is 0 Å². The van der Waals surface area contributed by atoms with Crippen molar-refractivity contribution >= 4 is 35.0 Å². The van der Waals surface area contributed by atoms with E-state index in [1.165, 1.54) is 11.1 Å². The zero-order valence-electron chi connectivity index (χ0n) is 19.7. The van der Waals surface area contributed by atoms with Crippen LogP contribution in [0.1, 0.15) is 75.6 Å². The average Bonchev–Trinajstić information content (AvgIpc) is 2.67. The molecule has 164 valence electrons. The monoisotopic (exact) mass is 434 g/mol. The summed E-state index contributed by atoms with van der Waals surface area (Å²) < 4.78 is 0. The minimum atomic E-state index is -1.02. The Hall–Kier alpha value is -1.85. The van der Waals surface area contributed by atoms with Gasteiger partial charge in [0.05, 0.1) is 0 Å². The second kappa shape index (κ2) is 14.3. The maximum Gasteiger partial charge on any atom is 2.00 e. The largest absolute Gasteiger partial charge is 2.00 e. The van der Waals surface area contributed by atoms with Crippen LogP contribution in [0, 0.1) is 11.8 Å². The summed E-state index contributed by atoms with van der Waals surface area (Å²) in [5.74, 6) is -1.86. The average molecular weight is 435 g/mol. The molecule has 2 atom stereocenters. The van der Waals surface area contributed by atoms with Crippen molar-refractivity contribution in [3.05, 3.63) is 70.8 Å². The first kappa shape index (κ1) is 29.1. The summed E-state index contributed by atoms with van der Waals surface area (Å²) in [4.78, 5) is 21.3. The molecule has 0 N–H and O–H groups in total. The Morgan fingerprint density at radius 1 is 0.613 bits per heavy atom. The van der Waals surface area contributed by atoms with Gasteiger partial charge in [0.1, 0.15) is 0 Å². The van der Waals surface area contributed by atoms with E-state index in [4.69, 9.17) is 0 Å². The first-order valence-corrected chi connectivity index (χ1v) is 10.6. The van der Waals surface area contributed by atoms with Gasteiger partial charge in [-0.25, -0.2) is 0 Å². The second-order valence-electron chi connectivity index (χ2n) is 8.76. The van der Waals surface area contributed by atoms with Crippen molar-refractivity contribution in [2.24, 2.45) is 11.8 Å². The summed E-state index contributed by atoms with van der Waals surface area (Å²) in [7, 11) is 0. The van der Waals surface area contributed by atoms with Crippen LogP contribution in [0.4, 0.5) is 0 Å². The predicted octanol–water partition coefficient (Wildman–Crippen LogP) is 3.10. The number of rotatable bonds is 8. The molecule has 0 saturated carbocycles. The standard InChI is InChI=1S/2C13H18O2.Mg/c2*1-9(2)8-11-4-6-12(7-5-11)10(3)13(14)15;/h2*4-7,9-10H,8H2,1-3H3,(H,14,15);/q;;+2/p-2/t2*10-;/m00./s1. The molecule has 0 aliphatic carbocycles. The Balaban J connectivity index is 0.000000562. The number of aliphatic carboxylic acids is 2. The summed E-state index contributed by atoms with van der Waals surface area (Å²) >= 11 is 0. The Morgan fingerprint density at radius 2 is 0.871 bits per heavy atom. The van der Waals surface area contributed by atoms with E-state index in [9.17, 15) is 19.8 Å². The summed E-state index contributed by atoms with van der Waals surface area (Å²) in [6, 6.07) is 15.5. The third-order valence-corrected chi connectivity index (χ3v) is 4.95. The molecule has 31 heavy (non-hydrogen) atoms.